The number of rotatable bonds is 1. The highest BCUT2D eigenvalue weighted by molar-refractivity contribution is 6.42. The first kappa shape index (κ1) is 10.1. The molecule has 1 aromatic carbocycles. The molecule has 0 saturated carbocycles. The molecule has 1 aliphatic rings. The lowest BCUT2D eigenvalue weighted by Gasteiger charge is -2.18. The molecule has 76 valence electrons. The van der Waals surface area contributed by atoms with Gasteiger partial charge in [-0.05, 0) is 24.6 Å². The summed E-state index contributed by atoms with van der Waals surface area (Å²) in [5.41, 5.74) is 6.93. The Balaban J connectivity index is 2.20. The van der Waals surface area contributed by atoms with E-state index in [1.165, 1.54) is 0 Å². The fraction of sp³-hybridized carbons (Fsp3) is 0.400. The van der Waals surface area contributed by atoms with Gasteiger partial charge in [0.1, 0.15) is 0 Å². The van der Waals surface area contributed by atoms with Crippen LogP contribution in [0.1, 0.15) is 6.42 Å². The molecular formula is C10H12Cl2N2. The summed E-state index contributed by atoms with van der Waals surface area (Å²) in [5, 5.41) is 1.20. The molecule has 4 heteroatoms. The van der Waals surface area contributed by atoms with E-state index in [2.05, 4.69) is 4.90 Å². The van der Waals surface area contributed by atoms with Crippen LogP contribution in [-0.4, -0.2) is 19.1 Å². The zero-order valence-electron chi connectivity index (χ0n) is 7.71. The Bertz CT molecular complexity index is 341. The zero-order chi connectivity index (χ0) is 10.1. The van der Waals surface area contributed by atoms with Crippen molar-refractivity contribution >= 4 is 28.9 Å². The first-order chi connectivity index (χ1) is 6.66. The molecule has 0 bridgehead atoms. The second kappa shape index (κ2) is 3.97. The predicted octanol–water partition coefficient (Wildman–Crippen LogP) is 2.53. The van der Waals surface area contributed by atoms with Gasteiger partial charge in [-0.2, -0.15) is 0 Å². The minimum Gasteiger partial charge on any atom is -0.370 e. The second-order valence-electron chi connectivity index (χ2n) is 3.59. The smallest absolute Gasteiger partial charge is 0.0612 e. The molecule has 0 amide bonds. The molecule has 0 aromatic heterocycles. The highest BCUT2D eigenvalue weighted by Gasteiger charge is 2.19. The van der Waals surface area contributed by atoms with E-state index in [1.807, 2.05) is 18.2 Å². The summed E-state index contributed by atoms with van der Waals surface area (Å²) in [6.45, 7) is 1.90. The summed E-state index contributed by atoms with van der Waals surface area (Å²) in [6, 6.07) is 5.97. The van der Waals surface area contributed by atoms with E-state index in [0.717, 1.165) is 25.2 Å². The molecule has 14 heavy (non-hydrogen) atoms. The standard InChI is InChI=1S/C10H12Cl2N2/c11-9-2-1-8(5-10(9)12)14-4-3-7(13)6-14/h1-2,5,7H,3-4,6,13H2/t7-/m0/s1. The summed E-state index contributed by atoms with van der Waals surface area (Å²) in [4.78, 5) is 2.23. The average molecular weight is 231 g/mol. The van der Waals surface area contributed by atoms with Gasteiger partial charge in [0.15, 0.2) is 0 Å². The number of nitrogens with zero attached hydrogens (tertiary/aromatic N) is 1. The van der Waals surface area contributed by atoms with Crippen LogP contribution in [0.4, 0.5) is 5.69 Å². The summed E-state index contributed by atoms with van der Waals surface area (Å²) >= 11 is 11.8. The second-order valence-corrected chi connectivity index (χ2v) is 4.41. The first-order valence-corrected chi connectivity index (χ1v) is 5.38. The third-order valence-electron chi connectivity index (χ3n) is 2.49. The van der Waals surface area contributed by atoms with E-state index in [1.54, 1.807) is 0 Å². The minimum absolute atomic E-state index is 0.282. The Morgan fingerprint density at radius 3 is 2.64 bits per heavy atom. The van der Waals surface area contributed by atoms with Crippen molar-refractivity contribution in [2.24, 2.45) is 5.73 Å². The monoisotopic (exact) mass is 230 g/mol. The molecule has 0 unspecified atom stereocenters. The Morgan fingerprint density at radius 2 is 2.07 bits per heavy atom. The summed E-state index contributed by atoms with van der Waals surface area (Å²) in [6.07, 6.45) is 1.04. The molecule has 2 nitrogen and oxygen atoms in total. The molecule has 1 atom stereocenters. The van der Waals surface area contributed by atoms with Crippen molar-refractivity contribution in [2.45, 2.75) is 12.5 Å². The average Bonchev–Trinajstić information content (AvgIpc) is 2.57. The van der Waals surface area contributed by atoms with Crippen LogP contribution in [0.5, 0.6) is 0 Å². The predicted molar refractivity (Wildman–Crippen MR) is 61.3 cm³/mol. The van der Waals surface area contributed by atoms with Crippen LogP contribution in [-0.2, 0) is 0 Å². The number of anilines is 1. The fourth-order valence-corrected chi connectivity index (χ4v) is 2.00. The first-order valence-electron chi connectivity index (χ1n) is 4.62. The van der Waals surface area contributed by atoms with Crippen LogP contribution in [0.25, 0.3) is 0 Å². The summed E-state index contributed by atoms with van der Waals surface area (Å²) in [5.74, 6) is 0. The van der Waals surface area contributed by atoms with Crippen molar-refractivity contribution in [3.63, 3.8) is 0 Å². The number of hydrogen-bond acceptors (Lipinski definition) is 2. The maximum atomic E-state index is 5.94. The molecule has 1 heterocycles. The van der Waals surface area contributed by atoms with Crippen molar-refractivity contribution in [3.05, 3.63) is 28.2 Å². The number of hydrogen-bond donors (Lipinski definition) is 1. The van der Waals surface area contributed by atoms with Crippen molar-refractivity contribution in [3.8, 4) is 0 Å². The molecular weight excluding hydrogens is 219 g/mol. The van der Waals surface area contributed by atoms with Gasteiger partial charge in [0, 0.05) is 24.8 Å². The van der Waals surface area contributed by atoms with Gasteiger partial charge < -0.3 is 10.6 Å². The van der Waals surface area contributed by atoms with Crippen molar-refractivity contribution in [1.29, 1.82) is 0 Å². The molecule has 1 aliphatic heterocycles. The Kier molecular flexibility index (Phi) is 2.86. The SMILES string of the molecule is N[C@H]1CCN(c2ccc(Cl)c(Cl)c2)C1. The molecule has 1 fully saturated rings. The highest BCUT2D eigenvalue weighted by atomic mass is 35.5. The topological polar surface area (TPSA) is 29.3 Å². The lowest BCUT2D eigenvalue weighted by atomic mass is 10.3. The molecule has 0 radical (unpaired) electrons. The molecule has 2 rings (SSSR count). The van der Waals surface area contributed by atoms with Crippen LogP contribution in [0.3, 0.4) is 0 Å². The van der Waals surface area contributed by atoms with Crippen LogP contribution in [0.15, 0.2) is 18.2 Å². The van der Waals surface area contributed by atoms with E-state index in [9.17, 15) is 0 Å². The van der Waals surface area contributed by atoms with Crippen LogP contribution in [0.2, 0.25) is 10.0 Å². The lowest BCUT2D eigenvalue weighted by molar-refractivity contribution is 0.752. The molecule has 0 aliphatic carbocycles. The van der Waals surface area contributed by atoms with E-state index >= 15 is 0 Å². The van der Waals surface area contributed by atoms with Crippen LogP contribution < -0.4 is 10.6 Å². The number of benzene rings is 1. The maximum absolute atomic E-state index is 5.94. The minimum atomic E-state index is 0.282. The number of nitrogens with two attached hydrogens (primary N) is 1. The fourth-order valence-electron chi connectivity index (χ4n) is 1.70. The van der Waals surface area contributed by atoms with Crippen molar-refractivity contribution in [1.82, 2.24) is 0 Å². The van der Waals surface area contributed by atoms with E-state index in [0.29, 0.717) is 10.0 Å². The Morgan fingerprint density at radius 1 is 1.29 bits per heavy atom. The van der Waals surface area contributed by atoms with Gasteiger partial charge in [-0.1, -0.05) is 23.2 Å². The van der Waals surface area contributed by atoms with Gasteiger partial charge in [0.05, 0.1) is 10.0 Å². The largest absolute Gasteiger partial charge is 0.370 e. The normalized spacial score (nSPS) is 21.6. The third kappa shape index (κ3) is 1.97. The van der Waals surface area contributed by atoms with E-state index in [-0.39, 0.29) is 6.04 Å². The summed E-state index contributed by atoms with van der Waals surface area (Å²) in [7, 11) is 0. The lowest BCUT2D eigenvalue weighted by Crippen LogP contribution is -2.26. The maximum Gasteiger partial charge on any atom is 0.0612 e. The Labute approximate surface area is 93.6 Å². The quantitative estimate of drug-likeness (QED) is 0.804. The third-order valence-corrected chi connectivity index (χ3v) is 3.23. The van der Waals surface area contributed by atoms with Gasteiger partial charge >= 0.3 is 0 Å². The van der Waals surface area contributed by atoms with E-state index < -0.39 is 0 Å². The van der Waals surface area contributed by atoms with Gasteiger partial charge in [-0.3, -0.25) is 0 Å². The molecule has 0 spiro atoms. The van der Waals surface area contributed by atoms with Crippen molar-refractivity contribution < 1.29 is 0 Å². The zero-order valence-corrected chi connectivity index (χ0v) is 9.22. The number of halogens is 2. The highest BCUT2D eigenvalue weighted by Crippen LogP contribution is 2.28. The molecule has 1 saturated heterocycles. The summed E-state index contributed by atoms with van der Waals surface area (Å²) < 4.78 is 0. The van der Waals surface area contributed by atoms with Crippen LogP contribution in [0, 0.1) is 0 Å². The van der Waals surface area contributed by atoms with E-state index in [4.69, 9.17) is 28.9 Å². The van der Waals surface area contributed by atoms with Gasteiger partial charge in [-0.25, -0.2) is 0 Å². The van der Waals surface area contributed by atoms with Crippen molar-refractivity contribution in [2.75, 3.05) is 18.0 Å². The molecule has 2 N–H and O–H groups in total. The van der Waals surface area contributed by atoms with Gasteiger partial charge in [0.2, 0.25) is 0 Å². The van der Waals surface area contributed by atoms with Gasteiger partial charge in [0.25, 0.3) is 0 Å². The molecule has 1 aromatic rings. The Hall–Kier alpha value is -0.440. The van der Waals surface area contributed by atoms with Gasteiger partial charge in [-0.15, -0.1) is 0 Å². The van der Waals surface area contributed by atoms with Crippen LogP contribution >= 0.6 is 23.2 Å².